The Kier molecular flexibility index (Phi) is 7.82. The molecule has 0 aromatic heterocycles. The normalized spacial score (nSPS) is 16.9. The van der Waals surface area contributed by atoms with Crippen LogP contribution >= 0.6 is 0 Å². The monoisotopic (exact) mass is 497 g/mol. The van der Waals surface area contributed by atoms with Crippen molar-refractivity contribution in [3.63, 3.8) is 0 Å². The quantitative estimate of drug-likeness (QED) is 0.210. The van der Waals surface area contributed by atoms with Crippen molar-refractivity contribution in [2.45, 2.75) is 59.4 Å². The average Bonchev–Trinajstić information content (AvgIpc) is 3.17. The van der Waals surface area contributed by atoms with Crippen molar-refractivity contribution in [1.82, 2.24) is 0 Å². The molecule has 1 atom stereocenters. The largest absolute Gasteiger partial charge is 0.507 e. The number of rotatable bonds is 8. The molecule has 5 nitrogen and oxygen atoms in total. The summed E-state index contributed by atoms with van der Waals surface area (Å²) in [7, 11) is 1.54. The maximum absolute atomic E-state index is 13.5. The van der Waals surface area contributed by atoms with Crippen LogP contribution < -0.4 is 9.64 Å². The minimum absolute atomic E-state index is 0.0626. The minimum atomic E-state index is -0.766. The highest BCUT2D eigenvalue weighted by molar-refractivity contribution is 6.51. The topological polar surface area (TPSA) is 66.8 Å². The number of anilines is 1. The van der Waals surface area contributed by atoms with Crippen LogP contribution in [-0.2, 0) is 22.4 Å². The van der Waals surface area contributed by atoms with E-state index in [2.05, 4.69) is 13.8 Å². The molecule has 0 saturated carbocycles. The number of amides is 1. The van der Waals surface area contributed by atoms with Gasteiger partial charge in [0.05, 0.1) is 24.3 Å². The number of ether oxygens (including phenoxy) is 1. The third-order valence-corrected chi connectivity index (χ3v) is 7.06. The first-order chi connectivity index (χ1) is 17.8. The third-order valence-electron chi connectivity index (χ3n) is 7.06. The zero-order valence-electron chi connectivity index (χ0n) is 22.3. The Hall–Kier alpha value is -3.86. The molecule has 3 aromatic rings. The second kappa shape index (κ2) is 11.0. The standard InChI is InChI=1S/C32H35NO4/c1-6-8-9-23-12-16-25(17-13-23)33-28(24-14-10-22(7-2)11-15-24)27(30(35)32(33)36)29(34)26-19-20(3)18-21(4)31(26)37-5/h10-19,28,34H,6-9H2,1-5H3/b29-27+. The van der Waals surface area contributed by atoms with E-state index in [0.717, 1.165) is 47.9 Å². The number of aryl methyl sites for hydroxylation is 4. The molecule has 0 aliphatic carbocycles. The summed E-state index contributed by atoms with van der Waals surface area (Å²) in [4.78, 5) is 28.5. The van der Waals surface area contributed by atoms with Crippen LogP contribution in [0.15, 0.2) is 66.2 Å². The van der Waals surface area contributed by atoms with E-state index in [1.54, 1.807) is 6.07 Å². The van der Waals surface area contributed by atoms with Gasteiger partial charge < -0.3 is 9.84 Å². The van der Waals surface area contributed by atoms with Gasteiger partial charge in [-0.05, 0) is 79.1 Å². The Morgan fingerprint density at radius 3 is 2.19 bits per heavy atom. The van der Waals surface area contributed by atoms with E-state index in [0.29, 0.717) is 17.0 Å². The van der Waals surface area contributed by atoms with E-state index >= 15 is 0 Å². The summed E-state index contributed by atoms with van der Waals surface area (Å²) in [6, 6.07) is 18.6. The lowest BCUT2D eigenvalue weighted by molar-refractivity contribution is -0.132. The van der Waals surface area contributed by atoms with Crippen molar-refractivity contribution >= 4 is 23.1 Å². The smallest absolute Gasteiger partial charge is 0.300 e. The highest BCUT2D eigenvalue weighted by Crippen LogP contribution is 2.44. The molecule has 4 rings (SSSR count). The summed E-state index contributed by atoms with van der Waals surface area (Å²) in [6.07, 6.45) is 4.03. The summed E-state index contributed by atoms with van der Waals surface area (Å²) in [6.45, 7) is 8.04. The van der Waals surface area contributed by atoms with E-state index in [4.69, 9.17) is 4.74 Å². The second-order valence-corrected chi connectivity index (χ2v) is 9.70. The van der Waals surface area contributed by atoms with Crippen LogP contribution in [0.25, 0.3) is 5.76 Å². The van der Waals surface area contributed by atoms with E-state index in [1.165, 1.54) is 17.6 Å². The molecule has 1 aliphatic heterocycles. The predicted octanol–water partition coefficient (Wildman–Crippen LogP) is 6.84. The van der Waals surface area contributed by atoms with Gasteiger partial charge >= 0.3 is 0 Å². The first kappa shape index (κ1) is 26.2. The number of benzene rings is 3. The summed E-state index contributed by atoms with van der Waals surface area (Å²) in [5.41, 5.74) is 5.94. The van der Waals surface area contributed by atoms with Gasteiger partial charge in [0.25, 0.3) is 11.7 Å². The highest BCUT2D eigenvalue weighted by Gasteiger charge is 2.47. The van der Waals surface area contributed by atoms with Crippen molar-refractivity contribution in [2.24, 2.45) is 0 Å². The van der Waals surface area contributed by atoms with Gasteiger partial charge in [-0.1, -0.05) is 62.7 Å². The average molecular weight is 498 g/mol. The van der Waals surface area contributed by atoms with Gasteiger partial charge in [-0.3, -0.25) is 14.5 Å². The van der Waals surface area contributed by atoms with Gasteiger partial charge in [-0.25, -0.2) is 0 Å². The number of aliphatic hydroxyl groups excluding tert-OH is 1. The van der Waals surface area contributed by atoms with Crippen LogP contribution in [-0.4, -0.2) is 23.9 Å². The van der Waals surface area contributed by atoms with Gasteiger partial charge in [0.1, 0.15) is 11.5 Å². The van der Waals surface area contributed by atoms with Crippen LogP contribution in [0.4, 0.5) is 5.69 Å². The van der Waals surface area contributed by atoms with E-state index < -0.39 is 17.7 Å². The van der Waals surface area contributed by atoms with Gasteiger partial charge in [-0.2, -0.15) is 0 Å². The molecule has 1 aliphatic rings. The molecular weight excluding hydrogens is 462 g/mol. The maximum atomic E-state index is 13.5. The number of Topliss-reactive ketones (excluding diaryl/α,β-unsaturated/α-hetero) is 1. The Bertz CT molecular complexity index is 1340. The summed E-state index contributed by atoms with van der Waals surface area (Å²) in [5.74, 6) is -1.11. The van der Waals surface area contributed by atoms with Crippen molar-refractivity contribution < 1.29 is 19.4 Å². The number of carbonyl (C=O) groups is 2. The summed E-state index contributed by atoms with van der Waals surface area (Å²) in [5, 5.41) is 11.6. The second-order valence-electron chi connectivity index (χ2n) is 9.70. The van der Waals surface area contributed by atoms with Crippen molar-refractivity contribution in [2.75, 3.05) is 12.0 Å². The highest BCUT2D eigenvalue weighted by atomic mass is 16.5. The molecule has 5 heteroatoms. The minimum Gasteiger partial charge on any atom is -0.507 e. The summed E-state index contributed by atoms with van der Waals surface area (Å²) >= 11 is 0. The van der Waals surface area contributed by atoms with Gasteiger partial charge in [0.2, 0.25) is 0 Å². The zero-order valence-corrected chi connectivity index (χ0v) is 22.3. The number of ketones is 1. The number of nitrogens with zero attached hydrogens (tertiary/aromatic N) is 1. The molecular formula is C32H35NO4. The van der Waals surface area contributed by atoms with E-state index in [-0.39, 0.29) is 11.3 Å². The zero-order chi connectivity index (χ0) is 26.7. The molecule has 0 bridgehead atoms. The fraction of sp³-hybridized carbons (Fsp3) is 0.312. The van der Waals surface area contributed by atoms with Crippen LogP contribution in [0, 0.1) is 13.8 Å². The van der Waals surface area contributed by atoms with Crippen molar-refractivity contribution in [3.05, 3.63) is 99.6 Å². The lowest BCUT2D eigenvalue weighted by Gasteiger charge is -2.26. The lowest BCUT2D eigenvalue weighted by atomic mass is 9.93. The van der Waals surface area contributed by atoms with Crippen LogP contribution in [0.1, 0.15) is 66.1 Å². The molecule has 1 unspecified atom stereocenters. The van der Waals surface area contributed by atoms with Crippen molar-refractivity contribution in [1.29, 1.82) is 0 Å². The Labute approximate surface area is 219 Å². The number of carbonyl (C=O) groups excluding carboxylic acids is 2. The fourth-order valence-electron chi connectivity index (χ4n) is 5.10. The molecule has 3 aromatic carbocycles. The van der Waals surface area contributed by atoms with Crippen LogP contribution in [0.3, 0.4) is 0 Å². The van der Waals surface area contributed by atoms with Gasteiger partial charge in [-0.15, -0.1) is 0 Å². The van der Waals surface area contributed by atoms with Crippen LogP contribution in [0.5, 0.6) is 5.75 Å². The number of hydrogen-bond acceptors (Lipinski definition) is 4. The van der Waals surface area contributed by atoms with E-state index in [9.17, 15) is 14.7 Å². The van der Waals surface area contributed by atoms with Crippen LogP contribution in [0.2, 0.25) is 0 Å². The summed E-state index contributed by atoms with van der Waals surface area (Å²) < 4.78 is 5.60. The lowest BCUT2D eigenvalue weighted by Crippen LogP contribution is -2.29. The first-order valence-corrected chi connectivity index (χ1v) is 12.9. The van der Waals surface area contributed by atoms with E-state index in [1.807, 2.05) is 68.4 Å². The SMILES string of the molecule is CCCCc1ccc(N2C(=O)C(=O)/C(=C(/O)c3cc(C)cc(C)c3OC)C2c2ccc(CC)cc2)cc1. The first-order valence-electron chi connectivity index (χ1n) is 12.9. The van der Waals surface area contributed by atoms with Gasteiger partial charge in [0, 0.05) is 5.69 Å². The molecule has 1 saturated heterocycles. The Balaban J connectivity index is 1.91. The Morgan fingerprint density at radius 1 is 0.946 bits per heavy atom. The molecule has 1 heterocycles. The predicted molar refractivity (Wildman–Crippen MR) is 148 cm³/mol. The molecule has 1 N–H and O–H groups in total. The molecule has 192 valence electrons. The maximum Gasteiger partial charge on any atom is 0.300 e. The number of hydrogen-bond donors (Lipinski definition) is 1. The molecule has 37 heavy (non-hydrogen) atoms. The number of unbranched alkanes of at least 4 members (excludes halogenated alkanes) is 1. The Morgan fingerprint density at radius 2 is 1.59 bits per heavy atom. The van der Waals surface area contributed by atoms with Crippen molar-refractivity contribution in [3.8, 4) is 5.75 Å². The third kappa shape index (κ3) is 5.04. The molecule has 1 fully saturated rings. The number of aliphatic hydroxyl groups is 1. The van der Waals surface area contributed by atoms with Gasteiger partial charge in [0.15, 0.2) is 0 Å². The molecule has 1 amide bonds. The number of methoxy groups -OCH3 is 1. The molecule has 0 radical (unpaired) electrons. The fourth-order valence-corrected chi connectivity index (χ4v) is 5.10. The molecule has 0 spiro atoms.